The van der Waals surface area contributed by atoms with Crippen molar-refractivity contribution in [2.45, 2.75) is 26.1 Å². The lowest BCUT2D eigenvalue weighted by Gasteiger charge is -2.34. The van der Waals surface area contributed by atoms with E-state index in [4.69, 9.17) is 4.74 Å². The van der Waals surface area contributed by atoms with E-state index in [1.54, 1.807) is 10.9 Å². The Hall–Kier alpha value is -2.77. The van der Waals surface area contributed by atoms with Gasteiger partial charge >= 0.3 is 0 Å². The van der Waals surface area contributed by atoms with Gasteiger partial charge in [-0.2, -0.15) is 5.10 Å². The van der Waals surface area contributed by atoms with Crippen molar-refractivity contribution in [1.29, 1.82) is 0 Å². The number of nitrogens with zero attached hydrogens (tertiary/aromatic N) is 4. The average molecular weight is 379 g/mol. The molecule has 1 N–H and O–H groups in total. The molecular weight excluding hydrogens is 354 g/mol. The Bertz CT molecular complexity index is 989. The van der Waals surface area contributed by atoms with E-state index in [1.165, 1.54) is 0 Å². The van der Waals surface area contributed by atoms with Crippen LogP contribution in [-0.4, -0.2) is 57.4 Å². The van der Waals surface area contributed by atoms with Gasteiger partial charge in [0, 0.05) is 43.5 Å². The smallest absolute Gasteiger partial charge is 0.239 e. The van der Waals surface area contributed by atoms with Crippen molar-refractivity contribution in [3.63, 3.8) is 0 Å². The van der Waals surface area contributed by atoms with Crippen LogP contribution in [-0.2, 0) is 16.6 Å². The Labute approximate surface area is 164 Å². The summed E-state index contributed by atoms with van der Waals surface area (Å²) in [5, 5.41) is 9.21. The molecule has 28 heavy (non-hydrogen) atoms. The highest BCUT2D eigenvalue weighted by molar-refractivity contribution is 5.94. The number of nitrogens with one attached hydrogen (secondary N) is 1. The van der Waals surface area contributed by atoms with Crippen LogP contribution in [0.25, 0.3) is 21.9 Å². The van der Waals surface area contributed by atoms with Crippen molar-refractivity contribution in [2.75, 3.05) is 25.0 Å². The van der Waals surface area contributed by atoms with Crippen molar-refractivity contribution in [1.82, 2.24) is 19.7 Å². The molecule has 7 heteroatoms. The molecule has 1 fully saturated rings. The molecule has 0 saturated carbocycles. The molecule has 0 radical (unpaired) electrons. The van der Waals surface area contributed by atoms with Gasteiger partial charge in [-0.1, -0.05) is 12.1 Å². The third kappa shape index (κ3) is 4.21. The van der Waals surface area contributed by atoms with Gasteiger partial charge in [-0.3, -0.25) is 14.4 Å². The second-order valence-corrected chi connectivity index (χ2v) is 7.53. The first-order valence-electron chi connectivity index (χ1n) is 9.53. The van der Waals surface area contributed by atoms with Crippen molar-refractivity contribution < 1.29 is 9.53 Å². The fraction of sp³-hybridized carbons (Fsp3) is 0.381. The van der Waals surface area contributed by atoms with Gasteiger partial charge in [0.2, 0.25) is 5.91 Å². The lowest BCUT2D eigenvalue weighted by molar-refractivity contribution is -0.121. The number of rotatable bonds is 4. The SMILES string of the molecule is C[C@@H]1CN(CC(=O)Nc2cc3cc(-c4cnn(C)c4)ccc3cn2)C[C@H](C)O1. The van der Waals surface area contributed by atoms with Crippen molar-refractivity contribution in [2.24, 2.45) is 7.05 Å². The Morgan fingerprint density at radius 2 is 1.93 bits per heavy atom. The zero-order chi connectivity index (χ0) is 19.7. The number of ether oxygens (including phenoxy) is 1. The highest BCUT2D eigenvalue weighted by Crippen LogP contribution is 2.25. The number of hydrogen-bond acceptors (Lipinski definition) is 5. The maximum absolute atomic E-state index is 12.5. The molecule has 146 valence electrons. The summed E-state index contributed by atoms with van der Waals surface area (Å²) in [4.78, 5) is 19.0. The number of pyridine rings is 1. The highest BCUT2D eigenvalue weighted by Gasteiger charge is 2.23. The minimum atomic E-state index is -0.0587. The van der Waals surface area contributed by atoms with Gasteiger partial charge in [0.1, 0.15) is 5.82 Å². The normalized spacial score (nSPS) is 20.4. The van der Waals surface area contributed by atoms with E-state index in [2.05, 4.69) is 32.4 Å². The first kappa shape index (κ1) is 18.6. The third-order valence-corrected chi connectivity index (χ3v) is 4.89. The van der Waals surface area contributed by atoms with Gasteiger partial charge in [-0.15, -0.1) is 0 Å². The van der Waals surface area contributed by atoms with Crippen LogP contribution in [0.2, 0.25) is 0 Å². The van der Waals surface area contributed by atoms with E-state index in [9.17, 15) is 4.79 Å². The van der Waals surface area contributed by atoms with Gasteiger partial charge in [-0.05, 0) is 36.9 Å². The third-order valence-electron chi connectivity index (χ3n) is 4.89. The van der Waals surface area contributed by atoms with Crippen LogP contribution in [0.15, 0.2) is 42.9 Å². The lowest BCUT2D eigenvalue weighted by atomic mass is 10.1. The molecule has 0 spiro atoms. The molecule has 2 aromatic heterocycles. The molecule has 3 heterocycles. The van der Waals surface area contributed by atoms with E-state index >= 15 is 0 Å². The van der Waals surface area contributed by atoms with E-state index < -0.39 is 0 Å². The average Bonchev–Trinajstić information content (AvgIpc) is 3.06. The summed E-state index contributed by atoms with van der Waals surface area (Å²) >= 11 is 0. The van der Waals surface area contributed by atoms with Crippen LogP contribution in [0.3, 0.4) is 0 Å². The molecule has 1 aliphatic heterocycles. The van der Waals surface area contributed by atoms with Gasteiger partial charge in [-0.25, -0.2) is 4.98 Å². The van der Waals surface area contributed by atoms with Gasteiger partial charge in [0.05, 0.1) is 24.9 Å². The van der Waals surface area contributed by atoms with Gasteiger partial charge in [0.25, 0.3) is 0 Å². The second kappa shape index (κ2) is 7.69. The predicted molar refractivity (Wildman–Crippen MR) is 109 cm³/mol. The number of aromatic nitrogens is 3. The number of carbonyl (C=O) groups is 1. The zero-order valence-electron chi connectivity index (χ0n) is 16.4. The first-order valence-corrected chi connectivity index (χ1v) is 9.53. The Kier molecular flexibility index (Phi) is 5.11. The van der Waals surface area contributed by atoms with Crippen LogP contribution >= 0.6 is 0 Å². The van der Waals surface area contributed by atoms with Crippen LogP contribution < -0.4 is 5.32 Å². The van der Waals surface area contributed by atoms with Crippen molar-refractivity contribution >= 4 is 22.5 Å². The number of fused-ring (bicyclic) bond motifs is 1. The Balaban J connectivity index is 1.48. The van der Waals surface area contributed by atoms with E-state index in [-0.39, 0.29) is 18.1 Å². The minimum absolute atomic E-state index is 0.0587. The summed E-state index contributed by atoms with van der Waals surface area (Å²) in [5.74, 6) is 0.506. The monoisotopic (exact) mass is 379 g/mol. The fourth-order valence-corrected chi connectivity index (χ4v) is 3.76. The molecule has 0 bridgehead atoms. The molecule has 3 aromatic rings. The molecule has 1 aromatic carbocycles. The van der Waals surface area contributed by atoms with E-state index in [0.29, 0.717) is 12.4 Å². The van der Waals surface area contributed by atoms with Crippen molar-refractivity contribution in [3.8, 4) is 11.1 Å². The quantitative estimate of drug-likeness (QED) is 0.755. The number of amides is 1. The molecule has 0 unspecified atom stereocenters. The van der Waals surface area contributed by atoms with Crippen LogP contribution in [0.4, 0.5) is 5.82 Å². The number of benzene rings is 1. The topological polar surface area (TPSA) is 72.3 Å². The Morgan fingerprint density at radius 1 is 1.14 bits per heavy atom. The largest absolute Gasteiger partial charge is 0.373 e. The molecule has 0 aliphatic carbocycles. The summed E-state index contributed by atoms with van der Waals surface area (Å²) in [7, 11) is 1.90. The summed E-state index contributed by atoms with van der Waals surface area (Å²) in [6, 6.07) is 8.10. The number of morpholine rings is 1. The second-order valence-electron chi connectivity index (χ2n) is 7.53. The number of carbonyl (C=O) groups excluding carboxylic acids is 1. The zero-order valence-corrected chi connectivity index (χ0v) is 16.4. The molecule has 1 aliphatic rings. The summed E-state index contributed by atoms with van der Waals surface area (Å²) < 4.78 is 7.50. The van der Waals surface area contributed by atoms with Crippen LogP contribution in [0, 0.1) is 0 Å². The number of anilines is 1. The predicted octanol–water partition coefficient (Wildman–Crippen LogP) is 2.68. The van der Waals surface area contributed by atoms with E-state index in [1.807, 2.05) is 45.4 Å². The molecule has 4 rings (SSSR count). The summed E-state index contributed by atoms with van der Waals surface area (Å²) in [6.45, 7) is 5.93. The summed E-state index contributed by atoms with van der Waals surface area (Å²) in [6.07, 6.45) is 5.89. The number of aryl methyl sites for hydroxylation is 1. The molecule has 1 saturated heterocycles. The molecule has 2 atom stereocenters. The van der Waals surface area contributed by atoms with Crippen LogP contribution in [0.1, 0.15) is 13.8 Å². The van der Waals surface area contributed by atoms with Gasteiger partial charge < -0.3 is 10.1 Å². The molecular formula is C21H25N5O2. The first-order chi connectivity index (χ1) is 13.5. The minimum Gasteiger partial charge on any atom is -0.373 e. The number of hydrogen-bond donors (Lipinski definition) is 1. The maximum Gasteiger partial charge on any atom is 0.239 e. The maximum atomic E-state index is 12.5. The Morgan fingerprint density at radius 3 is 2.64 bits per heavy atom. The lowest BCUT2D eigenvalue weighted by Crippen LogP contribution is -2.48. The molecule has 1 amide bonds. The van der Waals surface area contributed by atoms with Crippen LogP contribution in [0.5, 0.6) is 0 Å². The fourth-order valence-electron chi connectivity index (χ4n) is 3.76. The van der Waals surface area contributed by atoms with Crippen molar-refractivity contribution in [3.05, 3.63) is 42.9 Å². The highest BCUT2D eigenvalue weighted by atomic mass is 16.5. The van der Waals surface area contributed by atoms with Gasteiger partial charge in [0.15, 0.2) is 0 Å². The standard InChI is InChI=1S/C21H25N5O2/c1-14-10-26(11-15(2)28-14)13-21(27)24-20-7-18-6-16(4-5-17(18)8-22-20)19-9-23-25(3)12-19/h4-9,12,14-15H,10-11,13H2,1-3H3,(H,22,24,27)/t14-,15+. The molecule has 7 nitrogen and oxygen atoms in total. The van der Waals surface area contributed by atoms with E-state index in [0.717, 1.165) is 35.0 Å². The summed E-state index contributed by atoms with van der Waals surface area (Å²) in [5.41, 5.74) is 2.14.